The van der Waals surface area contributed by atoms with Crippen molar-refractivity contribution in [2.24, 2.45) is 0 Å². The maximum atomic E-state index is 4.50. The van der Waals surface area contributed by atoms with Crippen LogP contribution in [-0.2, 0) is 0 Å². The van der Waals surface area contributed by atoms with Gasteiger partial charge in [-0.3, -0.25) is 0 Å². The van der Waals surface area contributed by atoms with Crippen LogP contribution >= 0.6 is 15.9 Å². The van der Waals surface area contributed by atoms with E-state index in [1.807, 2.05) is 12.3 Å². The summed E-state index contributed by atoms with van der Waals surface area (Å²) in [5.74, 6) is 1.07. The summed E-state index contributed by atoms with van der Waals surface area (Å²) in [6.07, 6.45) is 4.46. The number of anilines is 1. The normalized spacial score (nSPS) is 19.6. The average Bonchev–Trinajstić information content (AvgIpc) is 2.83. The third-order valence-electron chi connectivity index (χ3n) is 3.35. The molecule has 0 amide bonds. The lowest BCUT2D eigenvalue weighted by Gasteiger charge is -2.26. The molecule has 1 aromatic rings. The number of pyridine rings is 1. The fourth-order valence-corrected chi connectivity index (χ4v) is 2.78. The highest BCUT2D eigenvalue weighted by molar-refractivity contribution is 9.10. The topological polar surface area (TPSA) is 28.2 Å². The quantitative estimate of drug-likeness (QED) is 0.926. The summed E-state index contributed by atoms with van der Waals surface area (Å²) in [6, 6.07) is 2.65. The van der Waals surface area contributed by atoms with Gasteiger partial charge >= 0.3 is 0 Å². The molecule has 1 atom stereocenters. The largest absolute Gasteiger partial charge is 0.354 e. The van der Waals surface area contributed by atoms with Crippen LogP contribution < -0.4 is 10.2 Å². The Balaban J connectivity index is 2.13. The highest BCUT2D eigenvalue weighted by atomic mass is 79.9. The van der Waals surface area contributed by atoms with Gasteiger partial charge in [-0.2, -0.15) is 0 Å². The zero-order valence-electron chi connectivity index (χ0n) is 10.5. The molecule has 3 nitrogen and oxygen atoms in total. The van der Waals surface area contributed by atoms with Crippen molar-refractivity contribution in [1.29, 1.82) is 0 Å². The minimum absolute atomic E-state index is 0.615. The fourth-order valence-electron chi connectivity index (χ4n) is 2.29. The van der Waals surface area contributed by atoms with Crippen LogP contribution in [0.15, 0.2) is 16.7 Å². The molecule has 1 saturated heterocycles. The first-order valence-electron chi connectivity index (χ1n) is 6.31. The Bertz CT molecular complexity index is 375. The first-order valence-corrected chi connectivity index (χ1v) is 7.11. The first-order chi connectivity index (χ1) is 8.22. The molecule has 1 N–H and O–H groups in total. The van der Waals surface area contributed by atoms with Crippen LogP contribution in [0, 0.1) is 6.92 Å². The smallest absolute Gasteiger partial charge is 0.143 e. The number of nitrogens with one attached hydrogen (secondary N) is 1. The highest BCUT2D eigenvalue weighted by Gasteiger charge is 2.19. The van der Waals surface area contributed by atoms with Crippen LogP contribution in [0.5, 0.6) is 0 Å². The molecule has 0 spiro atoms. The maximum absolute atomic E-state index is 4.50. The second-order valence-corrected chi connectivity index (χ2v) is 5.39. The van der Waals surface area contributed by atoms with Gasteiger partial charge in [-0.15, -0.1) is 0 Å². The van der Waals surface area contributed by atoms with Gasteiger partial charge in [0.1, 0.15) is 5.82 Å². The van der Waals surface area contributed by atoms with Crippen molar-refractivity contribution >= 4 is 21.7 Å². The van der Waals surface area contributed by atoms with E-state index in [0.29, 0.717) is 6.04 Å². The number of rotatable bonds is 4. The van der Waals surface area contributed by atoms with Crippen molar-refractivity contribution < 1.29 is 0 Å². The summed E-state index contributed by atoms with van der Waals surface area (Å²) < 4.78 is 1.12. The lowest BCUT2D eigenvalue weighted by Crippen LogP contribution is -2.38. The third-order valence-corrected chi connectivity index (χ3v) is 4.33. The number of nitrogens with zero attached hydrogens (tertiary/aromatic N) is 2. The summed E-state index contributed by atoms with van der Waals surface area (Å²) >= 11 is 3.65. The minimum atomic E-state index is 0.615. The predicted molar refractivity (Wildman–Crippen MR) is 75.6 cm³/mol. The number of hydrogen-bond acceptors (Lipinski definition) is 3. The van der Waals surface area contributed by atoms with E-state index in [1.165, 1.54) is 18.4 Å². The number of likely N-dealkylation sites (N-methyl/N-ethyl adjacent to an activating group) is 1. The summed E-state index contributed by atoms with van der Waals surface area (Å²) in [7, 11) is 0. The molecule has 0 saturated carbocycles. The molecule has 2 rings (SSSR count). The van der Waals surface area contributed by atoms with Gasteiger partial charge in [0, 0.05) is 25.3 Å². The van der Waals surface area contributed by atoms with E-state index in [2.05, 4.69) is 45.0 Å². The monoisotopic (exact) mass is 297 g/mol. The Hall–Kier alpha value is -0.610. The van der Waals surface area contributed by atoms with Crippen molar-refractivity contribution in [2.75, 3.05) is 24.5 Å². The Morgan fingerprint density at radius 3 is 3.06 bits per heavy atom. The molecule has 1 aromatic heterocycles. The molecule has 0 bridgehead atoms. The van der Waals surface area contributed by atoms with E-state index in [-0.39, 0.29) is 0 Å². The molecule has 4 heteroatoms. The van der Waals surface area contributed by atoms with E-state index in [1.54, 1.807) is 0 Å². The highest BCUT2D eigenvalue weighted by Crippen LogP contribution is 2.27. The van der Waals surface area contributed by atoms with Gasteiger partial charge in [0.15, 0.2) is 0 Å². The lowest BCUT2D eigenvalue weighted by atomic mass is 10.2. The standard InChI is InChI=1S/C13H20BrN3/c1-3-17(9-11-5-4-7-15-11)13-12(14)10(2)6-8-16-13/h6,8,11,15H,3-5,7,9H2,1-2H3. The Morgan fingerprint density at radius 2 is 2.41 bits per heavy atom. The van der Waals surface area contributed by atoms with E-state index in [9.17, 15) is 0 Å². The summed E-state index contributed by atoms with van der Waals surface area (Å²) in [4.78, 5) is 6.85. The van der Waals surface area contributed by atoms with E-state index in [0.717, 1.165) is 29.9 Å². The molecule has 1 fully saturated rings. The van der Waals surface area contributed by atoms with Gasteiger partial charge in [0.2, 0.25) is 0 Å². The number of aryl methyl sites for hydroxylation is 1. The molecule has 0 aromatic carbocycles. The Morgan fingerprint density at radius 1 is 1.59 bits per heavy atom. The zero-order valence-corrected chi connectivity index (χ0v) is 12.1. The molecule has 94 valence electrons. The van der Waals surface area contributed by atoms with Crippen molar-refractivity contribution in [2.45, 2.75) is 32.7 Å². The van der Waals surface area contributed by atoms with Gasteiger partial charge in [0.05, 0.1) is 4.47 Å². The lowest BCUT2D eigenvalue weighted by molar-refractivity contribution is 0.583. The van der Waals surface area contributed by atoms with Crippen LogP contribution in [-0.4, -0.2) is 30.7 Å². The molecule has 0 aliphatic carbocycles. The second kappa shape index (κ2) is 5.83. The van der Waals surface area contributed by atoms with Gasteiger partial charge in [-0.1, -0.05) is 0 Å². The van der Waals surface area contributed by atoms with Gasteiger partial charge in [0.25, 0.3) is 0 Å². The number of halogens is 1. The molecule has 0 radical (unpaired) electrons. The van der Waals surface area contributed by atoms with Crippen molar-refractivity contribution in [3.63, 3.8) is 0 Å². The molecule has 1 unspecified atom stereocenters. The Labute approximate surface area is 112 Å². The van der Waals surface area contributed by atoms with E-state index < -0.39 is 0 Å². The van der Waals surface area contributed by atoms with Crippen LogP contribution in [0.4, 0.5) is 5.82 Å². The van der Waals surface area contributed by atoms with E-state index >= 15 is 0 Å². The maximum Gasteiger partial charge on any atom is 0.143 e. The van der Waals surface area contributed by atoms with Gasteiger partial charge in [-0.05, 0) is 60.8 Å². The summed E-state index contributed by atoms with van der Waals surface area (Å²) in [5, 5.41) is 3.54. The van der Waals surface area contributed by atoms with Crippen LogP contribution in [0.25, 0.3) is 0 Å². The predicted octanol–water partition coefficient (Wildman–Crippen LogP) is 2.73. The van der Waals surface area contributed by atoms with E-state index in [4.69, 9.17) is 0 Å². The minimum Gasteiger partial charge on any atom is -0.354 e. The second-order valence-electron chi connectivity index (χ2n) is 4.60. The summed E-state index contributed by atoms with van der Waals surface area (Å²) in [5.41, 5.74) is 1.24. The average molecular weight is 298 g/mol. The van der Waals surface area contributed by atoms with Gasteiger partial charge < -0.3 is 10.2 Å². The number of hydrogen-bond donors (Lipinski definition) is 1. The van der Waals surface area contributed by atoms with Crippen molar-refractivity contribution in [3.05, 3.63) is 22.3 Å². The molecular weight excluding hydrogens is 278 g/mol. The zero-order chi connectivity index (χ0) is 12.3. The van der Waals surface area contributed by atoms with Crippen LogP contribution in [0.3, 0.4) is 0 Å². The van der Waals surface area contributed by atoms with Crippen LogP contribution in [0.2, 0.25) is 0 Å². The third kappa shape index (κ3) is 2.99. The SMILES string of the molecule is CCN(CC1CCCN1)c1nccc(C)c1Br. The molecular formula is C13H20BrN3. The van der Waals surface area contributed by atoms with Crippen molar-refractivity contribution in [1.82, 2.24) is 10.3 Å². The number of aromatic nitrogens is 1. The molecule has 2 heterocycles. The Kier molecular flexibility index (Phi) is 4.40. The van der Waals surface area contributed by atoms with Gasteiger partial charge in [-0.25, -0.2) is 4.98 Å². The first kappa shape index (κ1) is 12.8. The molecule has 17 heavy (non-hydrogen) atoms. The molecule has 1 aliphatic rings. The summed E-state index contributed by atoms with van der Waals surface area (Å²) in [6.45, 7) is 7.49. The van der Waals surface area contributed by atoms with Crippen molar-refractivity contribution in [3.8, 4) is 0 Å². The molecule has 1 aliphatic heterocycles. The van der Waals surface area contributed by atoms with Crippen LogP contribution in [0.1, 0.15) is 25.3 Å². The fraction of sp³-hybridized carbons (Fsp3) is 0.615.